The van der Waals surface area contributed by atoms with Gasteiger partial charge in [0, 0.05) is 12.6 Å². The van der Waals surface area contributed by atoms with Crippen molar-refractivity contribution >= 4 is 0 Å². The molecule has 0 bridgehead atoms. The van der Waals surface area contributed by atoms with Crippen molar-refractivity contribution in [3.05, 3.63) is 0 Å². The van der Waals surface area contributed by atoms with Crippen molar-refractivity contribution in [1.82, 2.24) is 5.32 Å². The van der Waals surface area contributed by atoms with Gasteiger partial charge < -0.3 is 10.4 Å². The minimum atomic E-state index is 0.382. The lowest BCUT2D eigenvalue weighted by Gasteiger charge is -2.21. The van der Waals surface area contributed by atoms with Crippen LogP contribution in [0.5, 0.6) is 0 Å². The van der Waals surface area contributed by atoms with E-state index in [4.69, 9.17) is 0 Å². The first kappa shape index (κ1) is 14.0. The highest BCUT2D eigenvalue weighted by Gasteiger charge is 2.26. The fourth-order valence-electron chi connectivity index (χ4n) is 2.66. The van der Waals surface area contributed by atoms with Crippen LogP contribution in [-0.2, 0) is 0 Å². The van der Waals surface area contributed by atoms with Gasteiger partial charge in [0.15, 0.2) is 0 Å². The zero-order valence-corrected chi connectivity index (χ0v) is 11.2. The van der Waals surface area contributed by atoms with Crippen LogP contribution >= 0.6 is 0 Å². The molecule has 3 unspecified atom stereocenters. The molecule has 0 heterocycles. The molecule has 0 saturated heterocycles. The third-order valence-corrected chi connectivity index (χ3v) is 3.96. The number of hydrogen-bond acceptors (Lipinski definition) is 2. The maximum absolute atomic E-state index is 9.25. The molecule has 1 aliphatic rings. The summed E-state index contributed by atoms with van der Waals surface area (Å²) in [6, 6.07) is 0.627. The van der Waals surface area contributed by atoms with Gasteiger partial charge in [0.2, 0.25) is 0 Å². The van der Waals surface area contributed by atoms with Gasteiger partial charge in [-0.2, -0.15) is 0 Å². The molecule has 2 N–H and O–H groups in total. The van der Waals surface area contributed by atoms with E-state index in [1.807, 2.05) is 0 Å². The summed E-state index contributed by atoms with van der Waals surface area (Å²) >= 11 is 0. The molecule has 0 amide bonds. The number of nitrogens with one attached hydrogen (secondary N) is 1. The zero-order valence-electron chi connectivity index (χ0n) is 11.2. The minimum absolute atomic E-state index is 0.382. The molecule has 1 aliphatic carbocycles. The second-order valence-electron chi connectivity index (χ2n) is 5.91. The average Bonchev–Trinajstić information content (AvgIpc) is 2.70. The van der Waals surface area contributed by atoms with Gasteiger partial charge in [-0.25, -0.2) is 0 Å². The van der Waals surface area contributed by atoms with Crippen LogP contribution in [0.2, 0.25) is 0 Å². The number of hydrogen-bond donors (Lipinski definition) is 2. The molecule has 1 saturated carbocycles. The highest BCUT2D eigenvalue weighted by Crippen LogP contribution is 2.30. The van der Waals surface area contributed by atoms with Crippen molar-refractivity contribution in [2.24, 2.45) is 17.8 Å². The summed E-state index contributed by atoms with van der Waals surface area (Å²) in [5, 5.41) is 12.9. The Bertz CT molecular complexity index is 182. The molecule has 0 spiro atoms. The SMILES string of the molecule is CC(C)CCC(C)NCC1CCCC1CO. The third kappa shape index (κ3) is 4.84. The van der Waals surface area contributed by atoms with Gasteiger partial charge in [-0.15, -0.1) is 0 Å². The first-order valence-electron chi connectivity index (χ1n) is 6.97. The summed E-state index contributed by atoms with van der Waals surface area (Å²) in [5.41, 5.74) is 0. The summed E-state index contributed by atoms with van der Waals surface area (Å²) in [6.07, 6.45) is 6.41. The van der Waals surface area contributed by atoms with E-state index in [0.29, 0.717) is 24.5 Å². The van der Waals surface area contributed by atoms with Gasteiger partial charge in [-0.1, -0.05) is 20.3 Å². The second-order valence-corrected chi connectivity index (χ2v) is 5.91. The van der Waals surface area contributed by atoms with E-state index in [1.165, 1.54) is 32.1 Å². The molecule has 16 heavy (non-hydrogen) atoms. The van der Waals surface area contributed by atoms with E-state index in [9.17, 15) is 5.11 Å². The Hall–Kier alpha value is -0.0800. The first-order chi connectivity index (χ1) is 7.63. The van der Waals surface area contributed by atoms with Crippen LogP contribution in [0.4, 0.5) is 0 Å². The number of rotatable bonds is 7. The molecule has 96 valence electrons. The lowest BCUT2D eigenvalue weighted by atomic mass is 9.96. The average molecular weight is 227 g/mol. The van der Waals surface area contributed by atoms with Gasteiger partial charge in [-0.3, -0.25) is 0 Å². The Morgan fingerprint density at radius 3 is 2.44 bits per heavy atom. The lowest BCUT2D eigenvalue weighted by molar-refractivity contribution is 0.190. The Morgan fingerprint density at radius 1 is 1.12 bits per heavy atom. The highest BCUT2D eigenvalue weighted by atomic mass is 16.3. The predicted octanol–water partition coefficient (Wildman–Crippen LogP) is 2.81. The fraction of sp³-hybridized carbons (Fsp3) is 1.00. The molecular weight excluding hydrogens is 198 g/mol. The summed E-state index contributed by atoms with van der Waals surface area (Å²) in [7, 11) is 0. The topological polar surface area (TPSA) is 32.3 Å². The Kier molecular flexibility index (Phi) is 6.37. The largest absolute Gasteiger partial charge is 0.396 e. The molecule has 2 nitrogen and oxygen atoms in total. The van der Waals surface area contributed by atoms with Crippen LogP contribution in [0, 0.1) is 17.8 Å². The van der Waals surface area contributed by atoms with Crippen molar-refractivity contribution in [1.29, 1.82) is 0 Å². The number of aliphatic hydroxyl groups excluding tert-OH is 1. The first-order valence-corrected chi connectivity index (χ1v) is 6.97. The van der Waals surface area contributed by atoms with E-state index in [-0.39, 0.29) is 0 Å². The fourth-order valence-corrected chi connectivity index (χ4v) is 2.66. The van der Waals surface area contributed by atoms with Crippen LogP contribution in [0.15, 0.2) is 0 Å². The molecule has 3 atom stereocenters. The third-order valence-electron chi connectivity index (χ3n) is 3.96. The van der Waals surface area contributed by atoms with Gasteiger partial charge in [-0.05, 0) is 56.9 Å². The van der Waals surface area contributed by atoms with E-state index in [1.54, 1.807) is 0 Å². The van der Waals surface area contributed by atoms with Gasteiger partial charge >= 0.3 is 0 Å². The molecule has 0 aromatic heterocycles. The van der Waals surface area contributed by atoms with Crippen molar-refractivity contribution in [2.75, 3.05) is 13.2 Å². The molecule has 1 rings (SSSR count). The van der Waals surface area contributed by atoms with Crippen LogP contribution < -0.4 is 5.32 Å². The van der Waals surface area contributed by atoms with Crippen LogP contribution in [0.25, 0.3) is 0 Å². The smallest absolute Gasteiger partial charge is 0.0462 e. The second kappa shape index (κ2) is 7.29. The van der Waals surface area contributed by atoms with Crippen LogP contribution in [0.1, 0.15) is 52.9 Å². The lowest BCUT2D eigenvalue weighted by Crippen LogP contribution is -2.33. The summed E-state index contributed by atoms with van der Waals surface area (Å²) < 4.78 is 0. The standard InChI is InChI=1S/C14H29NO/c1-11(2)7-8-12(3)15-9-13-5-4-6-14(13)10-16/h11-16H,4-10H2,1-3H3. The van der Waals surface area contributed by atoms with Crippen LogP contribution in [-0.4, -0.2) is 24.3 Å². The Labute approximate surface area is 101 Å². The molecular formula is C14H29NO. The molecule has 0 aromatic carbocycles. The maximum Gasteiger partial charge on any atom is 0.0462 e. The van der Waals surface area contributed by atoms with E-state index >= 15 is 0 Å². The normalized spacial score (nSPS) is 27.6. The molecule has 0 aliphatic heterocycles. The van der Waals surface area contributed by atoms with E-state index in [0.717, 1.165) is 12.5 Å². The monoisotopic (exact) mass is 227 g/mol. The van der Waals surface area contributed by atoms with Crippen molar-refractivity contribution in [3.63, 3.8) is 0 Å². The zero-order chi connectivity index (χ0) is 12.0. The molecule has 2 heteroatoms. The van der Waals surface area contributed by atoms with Crippen LogP contribution in [0.3, 0.4) is 0 Å². The Morgan fingerprint density at radius 2 is 1.81 bits per heavy atom. The van der Waals surface area contributed by atoms with Crippen molar-refractivity contribution in [3.8, 4) is 0 Å². The molecule has 1 fully saturated rings. The van der Waals surface area contributed by atoms with E-state index < -0.39 is 0 Å². The highest BCUT2D eigenvalue weighted by molar-refractivity contribution is 4.79. The van der Waals surface area contributed by atoms with Crippen molar-refractivity contribution < 1.29 is 5.11 Å². The van der Waals surface area contributed by atoms with Crippen molar-refractivity contribution in [2.45, 2.75) is 58.9 Å². The predicted molar refractivity (Wildman–Crippen MR) is 69.5 cm³/mol. The quantitative estimate of drug-likeness (QED) is 0.701. The number of aliphatic hydroxyl groups is 1. The van der Waals surface area contributed by atoms with Gasteiger partial charge in [0.05, 0.1) is 0 Å². The maximum atomic E-state index is 9.25. The summed E-state index contributed by atoms with van der Waals surface area (Å²) in [4.78, 5) is 0. The Balaban J connectivity index is 2.13. The molecule has 0 radical (unpaired) electrons. The summed E-state index contributed by atoms with van der Waals surface area (Å²) in [5.74, 6) is 2.08. The summed E-state index contributed by atoms with van der Waals surface area (Å²) in [6.45, 7) is 8.33. The van der Waals surface area contributed by atoms with Gasteiger partial charge in [0.25, 0.3) is 0 Å². The minimum Gasteiger partial charge on any atom is -0.396 e. The van der Waals surface area contributed by atoms with E-state index in [2.05, 4.69) is 26.1 Å². The molecule has 0 aromatic rings. The van der Waals surface area contributed by atoms with Gasteiger partial charge in [0.1, 0.15) is 0 Å².